The molecule has 130 valence electrons. The molecule has 0 aromatic heterocycles. The van der Waals surface area contributed by atoms with E-state index in [0.29, 0.717) is 12.4 Å². The van der Waals surface area contributed by atoms with Crippen LogP contribution in [0.15, 0.2) is 53.4 Å². The maximum absolute atomic E-state index is 12.5. The first-order chi connectivity index (χ1) is 11.4. The van der Waals surface area contributed by atoms with Gasteiger partial charge in [-0.2, -0.15) is 0 Å². The summed E-state index contributed by atoms with van der Waals surface area (Å²) in [6.07, 6.45) is 2.04. The van der Waals surface area contributed by atoms with Gasteiger partial charge in [-0.1, -0.05) is 43.2 Å². The average Bonchev–Trinajstić information content (AvgIpc) is 2.56. The third-order valence-corrected chi connectivity index (χ3v) is 5.37. The van der Waals surface area contributed by atoms with Gasteiger partial charge in [0.1, 0.15) is 5.75 Å². The predicted molar refractivity (Wildman–Crippen MR) is 96.8 cm³/mol. The van der Waals surface area contributed by atoms with E-state index in [1.807, 2.05) is 38.1 Å². The summed E-state index contributed by atoms with van der Waals surface area (Å²) >= 11 is 0. The lowest BCUT2D eigenvalue weighted by molar-refractivity contribution is 0.309. The van der Waals surface area contributed by atoms with E-state index in [1.54, 1.807) is 24.3 Å². The molecule has 1 atom stereocenters. The normalized spacial score (nSPS) is 12.8. The second-order valence-corrected chi connectivity index (χ2v) is 7.64. The van der Waals surface area contributed by atoms with Crippen LogP contribution in [0.3, 0.4) is 0 Å². The number of benzene rings is 2. The molecule has 0 aliphatic carbocycles. The summed E-state index contributed by atoms with van der Waals surface area (Å²) in [6.45, 7) is 6.58. The molecule has 1 N–H and O–H groups in total. The Morgan fingerprint density at radius 1 is 1.04 bits per heavy atom. The van der Waals surface area contributed by atoms with Crippen LogP contribution in [-0.4, -0.2) is 15.0 Å². The van der Waals surface area contributed by atoms with Crippen LogP contribution in [0.4, 0.5) is 0 Å². The molecule has 2 aromatic carbocycles. The molecule has 0 saturated carbocycles. The van der Waals surface area contributed by atoms with Crippen molar-refractivity contribution >= 4 is 10.0 Å². The number of sulfonamides is 1. The van der Waals surface area contributed by atoms with E-state index in [4.69, 9.17) is 4.74 Å². The molecule has 5 heteroatoms. The minimum absolute atomic E-state index is 0.240. The smallest absolute Gasteiger partial charge is 0.241 e. The van der Waals surface area contributed by atoms with Crippen LogP contribution in [0, 0.1) is 6.92 Å². The molecule has 0 amide bonds. The van der Waals surface area contributed by atoms with Crippen LogP contribution in [0.1, 0.15) is 43.9 Å². The molecule has 0 aliphatic rings. The van der Waals surface area contributed by atoms with Crippen LogP contribution >= 0.6 is 0 Å². The molecule has 0 saturated heterocycles. The third kappa shape index (κ3) is 5.08. The summed E-state index contributed by atoms with van der Waals surface area (Å²) in [6, 6.07) is 14.1. The zero-order valence-corrected chi connectivity index (χ0v) is 15.3. The Balaban J connectivity index is 2.05. The molecule has 2 aromatic rings. The molecule has 0 heterocycles. The lowest BCUT2D eigenvalue weighted by Gasteiger charge is -2.15. The fraction of sp³-hybridized carbons (Fsp3) is 0.368. The van der Waals surface area contributed by atoms with Gasteiger partial charge in [-0.15, -0.1) is 0 Å². The van der Waals surface area contributed by atoms with Gasteiger partial charge in [0.05, 0.1) is 11.5 Å². The van der Waals surface area contributed by atoms with Crippen molar-refractivity contribution in [3.8, 4) is 5.75 Å². The maximum Gasteiger partial charge on any atom is 0.241 e. The van der Waals surface area contributed by atoms with E-state index in [9.17, 15) is 8.42 Å². The molecule has 1 unspecified atom stereocenters. The van der Waals surface area contributed by atoms with Crippen molar-refractivity contribution in [2.45, 2.75) is 44.6 Å². The Labute approximate surface area is 144 Å². The second-order valence-electron chi connectivity index (χ2n) is 5.93. The highest BCUT2D eigenvalue weighted by atomic mass is 32.2. The van der Waals surface area contributed by atoms with Crippen molar-refractivity contribution in [1.29, 1.82) is 0 Å². The molecule has 0 radical (unpaired) electrons. The van der Waals surface area contributed by atoms with E-state index in [0.717, 1.165) is 24.0 Å². The zero-order valence-electron chi connectivity index (χ0n) is 14.5. The van der Waals surface area contributed by atoms with Crippen molar-refractivity contribution in [2.75, 3.05) is 6.61 Å². The van der Waals surface area contributed by atoms with Crippen molar-refractivity contribution in [3.63, 3.8) is 0 Å². The largest absolute Gasteiger partial charge is 0.494 e. The third-order valence-electron chi connectivity index (χ3n) is 3.81. The van der Waals surface area contributed by atoms with E-state index in [2.05, 4.69) is 11.6 Å². The Kier molecular flexibility index (Phi) is 6.40. The van der Waals surface area contributed by atoms with Crippen LogP contribution in [0.25, 0.3) is 0 Å². The van der Waals surface area contributed by atoms with Gasteiger partial charge < -0.3 is 4.74 Å². The average molecular weight is 347 g/mol. The number of aryl methyl sites for hydroxylation is 1. The van der Waals surface area contributed by atoms with Gasteiger partial charge in [0, 0.05) is 6.04 Å². The first kappa shape index (κ1) is 18.5. The molecule has 0 aliphatic heterocycles. The maximum atomic E-state index is 12.5. The topological polar surface area (TPSA) is 55.4 Å². The van der Waals surface area contributed by atoms with Gasteiger partial charge in [0.25, 0.3) is 0 Å². The number of ether oxygens (including phenoxy) is 1. The Bertz CT molecular complexity index is 737. The summed E-state index contributed by atoms with van der Waals surface area (Å²) in [5.74, 6) is 0.689. The molecule has 2 rings (SSSR count). The summed E-state index contributed by atoms with van der Waals surface area (Å²) in [4.78, 5) is 0.240. The van der Waals surface area contributed by atoms with Gasteiger partial charge in [0.15, 0.2) is 0 Å². The lowest BCUT2D eigenvalue weighted by Crippen LogP contribution is -2.26. The standard InChI is InChI=1S/C19H25NO3S/c1-4-5-14-23-18-10-12-19(13-11-18)24(21,22)20-16(3)17-8-6-15(2)7-9-17/h6-13,16,20H,4-5,14H2,1-3H3. The molecule has 24 heavy (non-hydrogen) atoms. The summed E-state index contributed by atoms with van der Waals surface area (Å²) in [5.41, 5.74) is 2.08. The minimum atomic E-state index is -3.57. The molecule has 4 nitrogen and oxygen atoms in total. The SMILES string of the molecule is CCCCOc1ccc(S(=O)(=O)NC(C)c2ccc(C)cc2)cc1. The number of unbranched alkanes of at least 4 members (excludes halogenated alkanes) is 1. The summed E-state index contributed by atoms with van der Waals surface area (Å²) in [7, 11) is -3.57. The molecule has 0 bridgehead atoms. The highest BCUT2D eigenvalue weighted by Crippen LogP contribution is 2.20. The van der Waals surface area contributed by atoms with E-state index in [1.165, 1.54) is 0 Å². The first-order valence-electron chi connectivity index (χ1n) is 8.24. The Morgan fingerprint density at radius 2 is 1.67 bits per heavy atom. The van der Waals surface area contributed by atoms with Gasteiger partial charge in [0.2, 0.25) is 10.0 Å². The van der Waals surface area contributed by atoms with Gasteiger partial charge in [-0.25, -0.2) is 13.1 Å². The van der Waals surface area contributed by atoms with Crippen LogP contribution < -0.4 is 9.46 Å². The second kappa shape index (κ2) is 8.31. The highest BCUT2D eigenvalue weighted by molar-refractivity contribution is 7.89. The molecular formula is C19H25NO3S. The van der Waals surface area contributed by atoms with Gasteiger partial charge >= 0.3 is 0 Å². The number of rotatable bonds is 8. The minimum Gasteiger partial charge on any atom is -0.494 e. The van der Waals surface area contributed by atoms with Crippen molar-refractivity contribution in [2.24, 2.45) is 0 Å². The molecular weight excluding hydrogens is 322 g/mol. The number of hydrogen-bond acceptors (Lipinski definition) is 3. The molecule has 0 spiro atoms. The molecule has 0 fully saturated rings. The first-order valence-corrected chi connectivity index (χ1v) is 9.72. The number of nitrogens with one attached hydrogen (secondary N) is 1. The fourth-order valence-corrected chi connectivity index (χ4v) is 3.51. The lowest BCUT2D eigenvalue weighted by atomic mass is 10.1. The fourth-order valence-electron chi connectivity index (χ4n) is 2.27. The number of hydrogen-bond donors (Lipinski definition) is 1. The quantitative estimate of drug-likeness (QED) is 0.728. The van der Waals surface area contributed by atoms with Crippen molar-refractivity contribution in [3.05, 3.63) is 59.7 Å². The van der Waals surface area contributed by atoms with Crippen molar-refractivity contribution < 1.29 is 13.2 Å². The van der Waals surface area contributed by atoms with E-state index in [-0.39, 0.29) is 10.9 Å². The monoisotopic (exact) mass is 347 g/mol. The Morgan fingerprint density at radius 3 is 2.25 bits per heavy atom. The predicted octanol–water partition coefficient (Wildman–Crippen LogP) is 4.21. The van der Waals surface area contributed by atoms with E-state index >= 15 is 0 Å². The van der Waals surface area contributed by atoms with Gasteiger partial charge in [-0.05, 0) is 50.1 Å². The van der Waals surface area contributed by atoms with Crippen molar-refractivity contribution in [1.82, 2.24) is 4.72 Å². The highest BCUT2D eigenvalue weighted by Gasteiger charge is 2.18. The summed E-state index contributed by atoms with van der Waals surface area (Å²) in [5, 5.41) is 0. The van der Waals surface area contributed by atoms with Crippen LogP contribution in [-0.2, 0) is 10.0 Å². The van der Waals surface area contributed by atoms with Crippen LogP contribution in [0.5, 0.6) is 5.75 Å². The van der Waals surface area contributed by atoms with Crippen LogP contribution in [0.2, 0.25) is 0 Å². The summed E-state index contributed by atoms with van der Waals surface area (Å²) < 4.78 is 33.3. The zero-order chi connectivity index (χ0) is 17.6. The Hall–Kier alpha value is -1.85. The van der Waals surface area contributed by atoms with Gasteiger partial charge in [-0.3, -0.25) is 0 Å². The van der Waals surface area contributed by atoms with E-state index < -0.39 is 10.0 Å².